The Labute approximate surface area is 313 Å². The molecular weight excluding hydrogens is 674 g/mol. The first-order valence-electron chi connectivity index (χ1n) is 19.0. The minimum atomic E-state index is -1.02. The second kappa shape index (κ2) is 17.8. The van der Waals surface area contributed by atoms with Crippen LogP contribution in [0.5, 0.6) is 0 Å². The van der Waals surface area contributed by atoms with Crippen LogP contribution in [0.25, 0.3) is 0 Å². The SMILES string of the molecule is CC(C)CC(NC(=O)[C@H](CCc1ccccc1)NC(=O)CN1CCOCC1)C(=O)N[C@@H](Cc1ccccc1)C(=O)N[C@H](C(=O)[C@@]1(C)CO1)C1CC1(C)C. The van der Waals surface area contributed by atoms with E-state index in [4.69, 9.17) is 9.47 Å². The molecule has 2 unspecified atom stereocenters. The van der Waals surface area contributed by atoms with E-state index in [1.165, 1.54) is 0 Å². The Bertz CT molecular complexity index is 1570. The fourth-order valence-electron chi connectivity index (χ4n) is 6.99. The molecule has 0 spiro atoms. The van der Waals surface area contributed by atoms with Crippen LogP contribution in [0, 0.1) is 17.3 Å². The summed E-state index contributed by atoms with van der Waals surface area (Å²) in [5, 5.41) is 11.8. The second-order valence-corrected chi connectivity index (χ2v) is 16.1. The Kier molecular flexibility index (Phi) is 13.5. The van der Waals surface area contributed by atoms with Gasteiger partial charge >= 0.3 is 0 Å². The highest BCUT2D eigenvalue weighted by atomic mass is 16.6. The van der Waals surface area contributed by atoms with Crippen LogP contribution in [-0.4, -0.2) is 104 Å². The van der Waals surface area contributed by atoms with Crippen molar-refractivity contribution in [2.45, 2.75) is 96.5 Å². The van der Waals surface area contributed by atoms with E-state index >= 15 is 0 Å². The van der Waals surface area contributed by atoms with Crippen molar-refractivity contribution in [2.75, 3.05) is 39.5 Å². The number of aryl methyl sites for hydroxylation is 1. The maximum Gasteiger partial charge on any atom is 0.243 e. The number of nitrogens with zero attached hydrogens (tertiary/aromatic N) is 1. The molecule has 12 nitrogen and oxygen atoms in total. The lowest BCUT2D eigenvalue weighted by molar-refractivity contribution is -0.135. The minimum Gasteiger partial charge on any atom is -0.379 e. The van der Waals surface area contributed by atoms with E-state index < -0.39 is 47.5 Å². The number of nitrogens with one attached hydrogen (secondary N) is 4. The molecule has 5 rings (SSSR count). The molecule has 2 aromatic rings. The van der Waals surface area contributed by atoms with Crippen LogP contribution in [0.1, 0.15) is 65.0 Å². The molecular formula is C41H57N5O7. The Hall–Kier alpha value is -4.13. The van der Waals surface area contributed by atoms with Gasteiger partial charge in [-0.2, -0.15) is 0 Å². The molecule has 0 aromatic heterocycles. The van der Waals surface area contributed by atoms with Crippen LogP contribution >= 0.6 is 0 Å². The number of hydrogen-bond donors (Lipinski definition) is 4. The highest BCUT2D eigenvalue weighted by Gasteiger charge is 2.59. The molecule has 1 aliphatic carbocycles. The zero-order valence-electron chi connectivity index (χ0n) is 31.8. The number of ether oxygens (including phenoxy) is 2. The molecule has 288 valence electrons. The molecule has 6 atom stereocenters. The van der Waals surface area contributed by atoms with Crippen LogP contribution in [-0.2, 0) is 46.3 Å². The second-order valence-electron chi connectivity index (χ2n) is 16.1. The first-order valence-corrected chi connectivity index (χ1v) is 19.0. The molecule has 4 amide bonds. The number of amides is 4. The van der Waals surface area contributed by atoms with Crippen LogP contribution in [0.3, 0.4) is 0 Å². The average molecular weight is 732 g/mol. The lowest BCUT2D eigenvalue weighted by Gasteiger charge is -2.29. The van der Waals surface area contributed by atoms with E-state index in [1.54, 1.807) is 6.92 Å². The number of rotatable bonds is 19. The first-order chi connectivity index (χ1) is 25.2. The van der Waals surface area contributed by atoms with Gasteiger partial charge in [0.1, 0.15) is 23.7 Å². The van der Waals surface area contributed by atoms with E-state index in [-0.39, 0.29) is 41.9 Å². The van der Waals surface area contributed by atoms with E-state index in [2.05, 4.69) is 35.1 Å². The summed E-state index contributed by atoms with van der Waals surface area (Å²) < 4.78 is 10.9. The Balaban J connectivity index is 1.32. The van der Waals surface area contributed by atoms with Gasteiger partial charge in [0, 0.05) is 19.5 Å². The molecule has 2 heterocycles. The monoisotopic (exact) mass is 731 g/mol. The third kappa shape index (κ3) is 11.7. The molecule has 2 aromatic carbocycles. The van der Waals surface area contributed by atoms with Gasteiger partial charge in [-0.1, -0.05) is 88.4 Å². The molecule has 0 radical (unpaired) electrons. The summed E-state index contributed by atoms with van der Waals surface area (Å²) in [5.74, 6) is -1.93. The fourth-order valence-corrected chi connectivity index (χ4v) is 6.99. The summed E-state index contributed by atoms with van der Waals surface area (Å²) >= 11 is 0. The lowest BCUT2D eigenvalue weighted by atomic mass is 9.92. The highest BCUT2D eigenvalue weighted by Crippen LogP contribution is 2.54. The molecule has 0 bridgehead atoms. The third-order valence-electron chi connectivity index (χ3n) is 10.6. The number of morpholine rings is 1. The molecule has 1 saturated carbocycles. The standard InChI is InChI=1S/C41H57N5O7/c1-27(2)22-32(43-37(49)31(17-16-28-12-8-6-9-13-28)42-34(47)25-46-18-20-52-21-19-46)38(50)44-33(23-29-14-10-7-11-15-29)39(51)45-35(30-24-40(30,3)4)36(48)41(5)26-53-41/h6-15,27,30-33,35H,16-26H2,1-5H3,(H,42,47)(H,43,49)(H,44,50)(H,45,51)/t30?,31-,32?,33-,35-,41+/m0/s1. The summed E-state index contributed by atoms with van der Waals surface area (Å²) in [7, 11) is 0. The minimum absolute atomic E-state index is 0.0181. The van der Waals surface area contributed by atoms with Crippen molar-refractivity contribution < 1.29 is 33.4 Å². The van der Waals surface area contributed by atoms with E-state index in [0.29, 0.717) is 52.2 Å². The van der Waals surface area contributed by atoms with Crippen LogP contribution in [0.2, 0.25) is 0 Å². The van der Waals surface area contributed by atoms with Gasteiger partial charge in [0.05, 0.1) is 32.4 Å². The van der Waals surface area contributed by atoms with Gasteiger partial charge in [0.2, 0.25) is 23.6 Å². The number of ketones is 1. The summed E-state index contributed by atoms with van der Waals surface area (Å²) in [6.07, 6.45) is 2.14. The van der Waals surface area contributed by atoms with E-state index in [9.17, 15) is 24.0 Å². The largest absolute Gasteiger partial charge is 0.379 e. The number of carbonyl (C=O) groups is 5. The topological polar surface area (TPSA) is 158 Å². The van der Waals surface area contributed by atoms with Gasteiger partial charge in [0.15, 0.2) is 5.78 Å². The van der Waals surface area contributed by atoms with Crippen molar-refractivity contribution in [3.8, 4) is 0 Å². The van der Waals surface area contributed by atoms with Crippen molar-refractivity contribution in [3.05, 3.63) is 71.8 Å². The molecule has 4 N–H and O–H groups in total. The highest BCUT2D eigenvalue weighted by molar-refractivity contribution is 5.99. The van der Waals surface area contributed by atoms with Crippen molar-refractivity contribution in [1.82, 2.24) is 26.2 Å². The van der Waals surface area contributed by atoms with Gasteiger partial charge in [-0.15, -0.1) is 0 Å². The van der Waals surface area contributed by atoms with Crippen molar-refractivity contribution in [2.24, 2.45) is 17.3 Å². The van der Waals surface area contributed by atoms with Crippen molar-refractivity contribution in [1.29, 1.82) is 0 Å². The number of hydrogen-bond acceptors (Lipinski definition) is 8. The molecule has 3 fully saturated rings. The fraction of sp³-hybridized carbons (Fsp3) is 0.585. The average Bonchev–Trinajstić information content (AvgIpc) is 4.04. The zero-order chi connectivity index (χ0) is 38.2. The first kappa shape index (κ1) is 40.1. The Morgan fingerprint density at radius 2 is 1.32 bits per heavy atom. The van der Waals surface area contributed by atoms with Gasteiger partial charge in [-0.3, -0.25) is 28.9 Å². The summed E-state index contributed by atoms with van der Waals surface area (Å²) in [4.78, 5) is 71.0. The van der Waals surface area contributed by atoms with Gasteiger partial charge in [-0.25, -0.2) is 0 Å². The Morgan fingerprint density at radius 1 is 0.774 bits per heavy atom. The molecule has 12 heteroatoms. The van der Waals surface area contributed by atoms with Crippen LogP contribution in [0.15, 0.2) is 60.7 Å². The number of Topliss-reactive ketones (excluding diaryl/α,β-unsaturated/α-hetero) is 1. The van der Waals surface area contributed by atoms with Gasteiger partial charge < -0.3 is 30.7 Å². The lowest BCUT2D eigenvalue weighted by Crippen LogP contribution is -2.59. The number of benzene rings is 2. The van der Waals surface area contributed by atoms with Crippen molar-refractivity contribution >= 4 is 29.4 Å². The summed E-state index contributed by atoms with van der Waals surface area (Å²) in [6.45, 7) is 12.6. The number of carbonyl (C=O) groups excluding carboxylic acids is 5. The molecule has 2 aliphatic heterocycles. The Morgan fingerprint density at radius 3 is 1.89 bits per heavy atom. The summed E-state index contributed by atoms with van der Waals surface area (Å²) in [6, 6.07) is 15.4. The molecule has 53 heavy (non-hydrogen) atoms. The quantitative estimate of drug-likeness (QED) is 0.161. The zero-order valence-corrected chi connectivity index (χ0v) is 31.8. The maximum absolute atomic E-state index is 14.1. The smallest absolute Gasteiger partial charge is 0.243 e. The van der Waals surface area contributed by atoms with Crippen LogP contribution in [0.4, 0.5) is 0 Å². The number of epoxide rings is 1. The van der Waals surface area contributed by atoms with Crippen molar-refractivity contribution in [3.63, 3.8) is 0 Å². The van der Waals surface area contributed by atoms with Crippen LogP contribution < -0.4 is 21.3 Å². The van der Waals surface area contributed by atoms with Gasteiger partial charge in [-0.05, 0) is 61.0 Å². The predicted molar refractivity (Wildman–Crippen MR) is 201 cm³/mol. The van der Waals surface area contributed by atoms with E-state index in [1.807, 2.05) is 79.4 Å². The molecule has 2 saturated heterocycles. The van der Waals surface area contributed by atoms with E-state index in [0.717, 1.165) is 17.5 Å². The van der Waals surface area contributed by atoms with Gasteiger partial charge in [0.25, 0.3) is 0 Å². The predicted octanol–water partition coefficient (Wildman–Crippen LogP) is 2.58. The third-order valence-corrected chi connectivity index (χ3v) is 10.6. The summed E-state index contributed by atoms with van der Waals surface area (Å²) in [5.41, 5.74) is 0.815. The normalized spacial score (nSPS) is 22.8. The maximum atomic E-state index is 14.1. The molecule has 3 aliphatic rings.